The van der Waals surface area contributed by atoms with Gasteiger partial charge in [-0.15, -0.1) is 5.73 Å². The molecule has 0 bridgehead atoms. The van der Waals surface area contributed by atoms with Crippen LogP contribution < -0.4 is 0 Å². The monoisotopic (exact) mass is 140 g/mol. The Balaban J connectivity index is 3.98. The predicted octanol–water partition coefficient (Wildman–Crippen LogP) is 2.13. The van der Waals surface area contributed by atoms with Gasteiger partial charge in [0.2, 0.25) is 0 Å². The second-order valence-corrected chi connectivity index (χ2v) is 3.07. The average molecular weight is 140 g/mol. The van der Waals surface area contributed by atoms with Crippen LogP contribution in [0.3, 0.4) is 0 Å². The minimum absolute atomic E-state index is 0.119. The van der Waals surface area contributed by atoms with E-state index in [2.05, 4.69) is 12.7 Å². The van der Waals surface area contributed by atoms with Gasteiger partial charge >= 0.3 is 0 Å². The van der Waals surface area contributed by atoms with E-state index >= 15 is 0 Å². The fraction of sp³-hybridized carbons (Fsp3) is 0.667. The third kappa shape index (κ3) is 4.37. The van der Waals surface area contributed by atoms with Crippen molar-refractivity contribution in [2.75, 3.05) is 6.61 Å². The highest BCUT2D eigenvalue weighted by molar-refractivity contribution is 4.94. The van der Waals surface area contributed by atoms with E-state index < -0.39 is 0 Å². The van der Waals surface area contributed by atoms with Crippen molar-refractivity contribution in [1.82, 2.24) is 0 Å². The lowest BCUT2D eigenvalue weighted by molar-refractivity contribution is 0.200. The number of aliphatic hydroxyl groups is 1. The highest BCUT2D eigenvalue weighted by Crippen LogP contribution is 2.13. The predicted molar refractivity (Wildman–Crippen MR) is 43.8 cm³/mol. The van der Waals surface area contributed by atoms with Gasteiger partial charge in [-0.1, -0.05) is 20.8 Å². The van der Waals surface area contributed by atoms with E-state index in [1.54, 1.807) is 0 Å². The lowest BCUT2D eigenvalue weighted by Crippen LogP contribution is -2.11. The smallest absolute Gasteiger partial charge is 0.0522 e. The summed E-state index contributed by atoms with van der Waals surface area (Å²) in [5, 5.41) is 8.81. The Bertz CT molecular complexity index is 139. The third-order valence-corrected chi connectivity index (χ3v) is 1.20. The van der Waals surface area contributed by atoms with E-state index in [1.165, 1.54) is 0 Å². The van der Waals surface area contributed by atoms with Gasteiger partial charge in [0.1, 0.15) is 0 Å². The summed E-state index contributed by atoms with van der Waals surface area (Å²) < 4.78 is 0. The molecular formula is C9H16O. The number of hydrogen-bond donors (Lipinski definition) is 1. The third-order valence-electron chi connectivity index (χ3n) is 1.20. The molecule has 0 atom stereocenters. The van der Waals surface area contributed by atoms with Crippen molar-refractivity contribution in [2.45, 2.75) is 27.2 Å². The van der Waals surface area contributed by atoms with Crippen LogP contribution in [0.15, 0.2) is 17.9 Å². The first-order valence-corrected chi connectivity index (χ1v) is 3.65. The van der Waals surface area contributed by atoms with Gasteiger partial charge in [-0.05, 0) is 18.6 Å². The van der Waals surface area contributed by atoms with Gasteiger partial charge < -0.3 is 5.11 Å². The van der Waals surface area contributed by atoms with Crippen LogP contribution in [0.2, 0.25) is 0 Å². The van der Waals surface area contributed by atoms with Crippen molar-refractivity contribution in [2.24, 2.45) is 5.41 Å². The summed E-state index contributed by atoms with van der Waals surface area (Å²) >= 11 is 0. The molecule has 0 heterocycles. The SMILES string of the molecule is CCC=C=CC(C)(C)CO. The maximum absolute atomic E-state index is 8.81. The molecule has 0 saturated carbocycles. The minimum atomic E-state index is -0.119. The van der Waals surface area contributed by atoms with Crippen molar-refractivity contribution < 1.29 is 5.11 Å². The van der Waals surface area contributed by atoms with Crippen LogP contribution in [-0.4, -0.2) is 11.7 Å². The number of aliphatic hydroxyl groups excluding tert-OH is 1. The molecule has 0 aliphatic carbocycles. The zero-order valence-electron chi connectivity index (χ0n) is 7.02. The standard InChI is InChI=1S/C9H16O/c1-4-5-6-7-9(2,3)8-10/h5,7,10H,4,8H2,1-3H3. The molecule has 0 rings (SSSR count). The van der Waals surface area contributed by atoms with Crippen molar-refractivity contribution in [3.05, 3.63) is 17.9 Å². The van der Waals surface area contributed by atoms with Gasteiger partial charge in [0.25, 0.3) is 0 Å². The molecule has 1 heteroatoms. The summed E-state index contributed by atoms with van der Waals surface area (Å²) in [6, 6.07) is 0. The maximum atomic E-state index is 8.81. The van der Waals surface area contributed by atoms with Crippen molar-refractivity contribution in [1.29, 1.82) is 0 Å². The van der Waals surface area contributed by atoms with Gasteiger partial charge in [-0.25, -0.2) is 0 Å². The van der Waals surface area contributed by atoms with Crippen molar-refractivity contribution in [3.8, 4) is 0 Å². The molecule has 1 nitrogen and oxygen atoms in total. The Morgan fingerprint density at radius 1 is 1.50 bits per heavy atom. The fourth-order valence-corrected chi connectivity index (χ4v) is 0.448. The van der Waals surface area contributed by atoms with Crippen LogP contribution in [0.5, 0.6) is 0 Å². The molecule has 0 spiro atoms. The molecular weight excluding hydrogens is 124 g/mol. The first-order valence-electron chi connectivity index (χ1n) is 3.65. The summed E-state index contributed by atoms with van der Waals surface area (Å²) in [6.07, 6.45) is 4.85. The average Bonchev–Trinajstić information content (AvgIpc) is 1.89. The second-order valence-electron chi connectivity index (χ2n) is 3.07. The first kappa shape index (κ1) is 9.48. The molecule has 0 unspecified atom stereocenters. The molecule has 0 aliphatic heterocycles. The molecule has 10 heavy (non-hydrogen) atoms. The van der Waals surface area contributed by atoms with Crippen LogP contribution in [0, 0.1) is 5.41 Å². The topological polar surface area (TPSA) is 20.2 Å². The van der Waals surface area contributed by atoms with Gasteiger partial charge in [-0.2, -0.15) is 0 Å². The summed E-state index contributed by atoms with van der Waals surface area (Å²) in [6.45, 7) is 6.19. The molecule has 0 aromatic rings. The Labute approximate surface area is 63.1 Å². The molecule has 0 radical (unpaired) electrons. The highest BCUT2D eigenvalue weighted by Gasteiger charge is 2.10. The molecule has 0 fully saturated rings. The normalized spacial score (nSPS) is 10.4. The Kier molecular flexibility index (Phi) is 4.10. The summed E-state index contributed by atoms with van der Waals surface area (Å²) in [7, 11) is 0. The summed E-state index contributed by atoms with van der Waals surface area (Å²) in [5.74, 6) is 0. The van der Waals surface area contributed by atoms with E-state index in [0.717, 1.165) is 6.42 Å². The summed E-state index contributed by atoms with van der Waals surface area (Å²) in [5.41, 5.74) is 2.90. The molecule has 58 valence electrons. The van der Waals surface area contributed by atoms with Gasteiger partial charge in [0.05, 0.1) is 6.61 Å². The second kappa shape index (κ2) is 4.32. The van der Waals surface area contributed by atoms with E-state index in [0.29, 0.717) is 0 Å². The highest BCUT2D eigenvalue weighted by atomic mass is 16.3. The van der Waals surface area contributed by atoms with Crippen LogP contribution in [0.25, 0.3) is 0 Å². The first-order chi connectivity index (χ1) is 4.62. The number of hydrogen-bond acceptors (Lipinski definition) is 1. The fourth-order valence-electron chi connectivity index (χ4n) is 0.448. The maximum Gasteiger partial charge on any atom is 0.0522 e. The summed E-state index contributed by atoms with van der Waals surface area (Å²) in [4.78, 5) is 0. The molecule has 0 aromatic heterocycles. The molecule has 0 aliphatic rings. The van der Waals surface area contributed by atoms with Crippen LogP contribution >= 0.6 is 0 Å². The lowest BCUT2D eigenvalue weighted by Gasteiger charge is -2.13. The van der Waals surface area contributed by atoms with Gasteiger partial charge in [0, 0.05) is 5.41 Å². The van der Waals surface area contributed by atoms with Crippen LogP contribution in [0.1, 0.15) is 27.2 Å². The van der Waals surface area contributed by atoms with E-state index in [9.17, 15) is 0 Å². The van der Waals surface area contributed by atoms with Gasteiger partial charge in [0.15, 0.2) is 0 Å². The van der Waals surface area contributed by atoms with E-state index in [4.69, 9.17) is 5.11 Å². The van der Waals surface area contributed by atoms with Crippen molar-refractivity contribution >= 4 is 0 Å². The van der Waals surface area contributed by atoms with Gasteiger partial charge in [-0.3, -0.25) is 0 Å². The van der Waals surface area contributed by atoms with Crippen molar-refractivity contribution in [3.63, 3.8) is 0 Å². The minimum Gasteiger partial charge on any atom is -0.395 e. The largest absolute Gasteiger partial charge is 0.395 e. The zero-order valence-corrected chi connectivity index (χ0v) is 7.02. The van der Waals surface area contributed by atoms with E-state index in [-0.39, 0.29) is 12.0 Å². The molecule has 0 saturated heterocycles. The molecule has 1 N–H and O–H groups in total. The van der Waals surface area contributed by atoms with Crippen LogP contribution in [-0.2, 0) is 0 Å². The lowest BCUT2D eigenvalue weighted by atomic mass is 9.95. The Morgan fingerprint density at radius 3 is 2.50 bits per heavy atom. The Morgan fingerprint density at radius 2 is 2.10 bits per heavy atom. The quantitative estimate of drug-likeness (QED) is 0.595. The zero-order chi connectivity index (χ0) is 8.04. The number of rotatable bonds is 3. The molecule has 0 amide bonds. The van der Waals surface area contributed by atoms with Crippen LogP contribution in [0.4, 0.5) is 0 Å². The molecule has 0 aromatic carbocycles. The van der Waals surface area contributed by atoms with E-state index in [1.807, 2.05) is 26.0 Å². The Hall–Kier alpha value is -0.520.